The van der Waals surface area contributed by atoms with E-state index in [1.165, 1.54) is 0 Å². The Morgan fingerprint density at radius 1 is 1.26 bits per heavy atom. The minimum atomic E-state index is -0.954. The van der Waals surface area contributed by atoms with Crippen molar-refractivity contribution in [2.24, 2.45) is 5.41 Å². The lowest BCUT2D eigenvalue weighted by Crippen LogP contribution is -2.34. The molecule has 1 aromatic heterocycles. The molecule has 6 heteroatoms. The fourth-order valence-electron chi connectivity index (χ4n) is 2.59. The number of hydrogen-bond acceptors (Lipinski definition) is 2. The maximum atomic E-state index is 12.5. The van der Waals surface area contributed by atoms with Gasteiger partial charge in [0.25, 0.3) is 0 Å². The van der Waals surface area contributed by atoms with Gasteiger partial charge in [-0.3, -0.25) is 4.79 Å². The predicted molar refractivity (Wildman–Crippen MR) is 95.5 cm³/mol. The van der Waals surface area contributed by atoms with Crippen LogP contribution in [0.4, 0.5) is 0 Å². The standard InChI is InChI=1S/C17H16BrCl2NO2/c1-16(10-17(16,19)20)15(22)21(2)9-13-7-8-14(23-13)11-3-5-12(18)6-4-11/h3-8H,9-10H2,1-2H3/t16-/m1/s1. The van der Waals surface area contributed by atoms with E-state index in [0.29, 0.717) is 13.0 Å². The summed E-state index contributed by atoms with van der Waals surface area (Å²) in [5, 5.41) is 0. The lowest BCUT2D eigenvalue weighted by molar-refractivity contribution is -0.135. The lowest BCUT2D eigenvalue weighted by Gasteiger charge is -2.21. The Hall–Kier alpha value is -0.970. The molecule has 122 valence electrons. The number of carbonyl (C=O) groups is 1. The third-order valence-electron chi connectivity index (χ3n) is 4.26. The van der Waals surface area contributed by atoms with E-state index in [2.05, 4.69) is 15.9 Å². The van der Waals surface area contributed by atoms with Gasteiger partial charge in [-0.25, -0.2) is 0 Å². The van der Waals surface area contributed by atoms with E-state index in [4.69, 9.17) is 27.6 Å². The molecule has 1 aliphatic carbocycles. The summed E-state index contributed by atoms with van der Waals surface area (Å²) in [5.74, 6) is 1.43. The van der Waals surface area contributed by atoms with Crippen molar-refractivity contribution in [1.29, 1.82) is 0 Å². The Bertz CT molecular complexity index is 741. The molecule has 0 N–H and O–H groups in total. The number of alkyl halides is 2. The maximum Gasteiger partial charge on any atom is 0.231 e. The molecular formula is C17H16BrCl2NO2. The molecule has 1 heterocycles. The van der Waals surface area contributed by atoms with Gasteiger partial charge in [0.2, 0.25) is 5.91 Å². The number of amides is 1. The maximum absolute atomic E-state index is 12.5. The van der Waals surface area contributed by atoms with Crippen LogP contribution in [0.5, 0.6) is 0 Å². The Kier molecular flexibility index (Phi) is 4.28. The first kappa shape index (κ1) is 16.9. The normalized spacial score (nSPS) is 22.0. The van der Waals surface area contributed by atoms with E-state index < -0.39 is 9.75 Å². The van der Waals surface area contributed by atoms with Crippen LogP contribution in [0.15, 0.2) is 45.3 Å². The van der Waals surface area contributed by atoms with Crippen LogP contribution in [0.1, 0.15) is 19.1 Å². The number of hydrogen-bond donors (Lipinski definition) is 0. The molecular weight excluding hydrogens is 401 g/mol. The molecule has 0 unspecified atom stereocenters. The molecule has 0 bridgehead atoms. The Morgan fingerprint density at radius 3 is 2.43 bits per heavy atom. The number of rotatable bonds is 4. The van der Waals surface area contributed by atoms with Crippen molar-refractivity contribution in [2.45, 2.75) is 24.2 Å². The third-order valence-corrected chi connectivity index (χ3v) is 5.89. The van der Waals surface area contributed by atoms with Gasteiger partial charge in [-0.15, -0.1) is 23.2 Å². The molecule has 0 radical (unpaired) electrons. The van der Waals surface area contributed by atoms with Crippen molar-refractivity contribution in [2.75, 3.05) is 7.05 Å². The highest BCUT2D eigenvalue weighted by Crippen LogP contribution is 2.64. The molecule has 0 saturated heterocycles. The van der Waals surface area contributed by atoms with E-state index in [0.717, 1.165) is 21.6 Å². The fourth-order valence-corrected chi connectivity index (χ4v) is 3.55. The Labute approximate surface area is 153 Å². The zero-order valence-electron chi connectivity index (χ0n) is 12.8. The minimum absolute atomic E-state index is 0.0657. The average Bonchev–Trinajstić information content (AvgIpc) is 2.85. The summed E-state index contributed by atoms with van der Waals surface area (Å²) in [6.07, 6.45) is 0.481. The van der Waals surface area contributed by atoms with Gasteiger partial charge in [0.05, 0.1) is 12.0 Å². The minimum Gasteiger partial charge on any atom is -0.459 e. The smallest absolute Gasteiger partial charge is 0.231 e. The van der Waals surface area contributed by atoms with Crippen LogP contribution in [-0.2, 0) is 11.3 Å². The van der Waals surface area contributed by atoms with E-state index in [1.54, 1.807) is 18.9 Å². The SMILES string of the molecule is CN(Cc1ccc(-c2ccc(Br)cc2)o1)C(=O)[C@@]1(C)CC1(Cl)Cl. The van der Waals surface area contributed by atoms with Crippen LogP contribution in [0, 0.1) is 5.41 Å². The number of carbonyl (C=O) groups excluding carboxylic acids is 1. The molecule has 3 rings (SSSR count). The summed E-state index contributed by atoms with van der Waals surface area (Å²) < 4.78 is 5.90. The molecule has 3 nitrogen and oxygen atoms in total. The first-order chi connectivity index (χ1) is 10.7. The van der Waals surface area contributed by atoms with E-state index >= 15 is 0 Å². The number of benzene rings is 1. The van der Waals surface area contributed by atoms with E-state index in [1.807, 2.05) is 36.4 Å². The summed E-state index contributed by atoms with van der Waals surface area (Å²) in [5.41, 5.74) is 0.287. The van der Waals surface area contributed by atoms with Crippen molar-refractivity contribution in [3.05, 3.63) is 46.6 Å². The topological polar surface area (TPSA) is 33.5 Å². The second-order valence-electron chi connectivity index (χ2n) is 6.15. The van der Waals surface area contributed by atoms with Crippen molar-refractivity contribution in [3.63, 3.8) is 0 Å². The van der Waals surface area contributed by atoms with Gasteiger partial charge in [-0.05, 0) is 37.6 Å². The Balaban J connectivity index is 1.70. The monoisotopic (exact) mass is 415 g/mol. The summed E-state index contributed by atoms with van der Waals surface area (Å²) in [7, 11) is 1.73. The first-order valence-electron chi connectivity index (χ1n) is 7.21. The van der Waals surface area contributed by atoms with E-state index in [-0.39, 0.29) is 5.91 Å². The quantitative estimate of drug-likeness (QED) is 0.637. The van der Waals surface area contributed by atoms with E-state index in [9.17, 15) is 4.79 Å². The summed E-state index contributed by atoms with van der Waals surface area (Å²) >= 11 is 15.6. The molecule has 1 aliphatic rings. The lowest BCUT2D eigenvalue weighted by atomic mass is 10.1. The van der Waals surface area contributed by atoms with Crippen LogP contribution >= 0.6 is 39.1 Å². The zero-order chi connectivity index (χ0) is 16.8. The predicted octanol–water partition coefficient (Wildman–Crippen LogP) is 5.25. The molecule has 1 saturated carbocycles. The summed E-state index contributed by atoms with van der Waals surface area (Å²) in [4.78, 5) is 14.1. The molecule has 1 atom stereocenters. The second-order valence-corrected chi connectivity index (χ2v) is 8.55. The molecule has 1 amide bonds. The second kappa shape index (κ2) is 5.83. The van der Waals surface area contributed by atoms with Gasteiger partial charge in [-0.2, -0.15) is 0 Å². The van der Waals surface area contributed by atoms with Gasteiger partial charge in [0.15, 0.2) is 0 Å². The van der Waals surface area contributed by atoms with Gasteiger partial charge < -0.3 is 9.32 Å². The van der Waals surface area contributed by atoms with Crippen LogP contribution < -0.4 is 0 Å². The highest BCUT2D eigenvalue weighted by Gasteiger charge is 2.68. The van der Waals surface area contributed by atoms with Crippen molar-refractivity contribution >= 4 is 45.0 Å². The van der Waals surface area contributed by atoms with Crippen molar-refractivity contribution in [3.8, 4) is 11.3 Å². The van der Waals surface area contributed by atoms with Gasteiger partial charge >= 0.3 is 0 Å². The molecule has 1 aromatic carbocycles. The molecule has 0 aliphatic heterocycles. The van der Waals surface area contributed by atoms with Crippen LogP contribution in [-0.4, -0.2) is 22.2 Å². The highest BCUT2D eigenvalue weighted by molar-refractivity contribution is 9.10. The molecule has 0 spiro atoms. The zero-order valence-corrected chi connectivity index (χ0v) is 15.9. The van der Waals surface area contributed by atoms with Crippen LogP contribution in [0.3, 0.4) is 0 Å². The van der Waals surface area contributed by atoms with Crippen molar-refractivity contribution < 1.29 is 9.21 Å². The number of furan rings is 1. The number of nitrogens with zero attached hydrogens (tertiary/aromatic N) is 1. The van der Waals surface area contributed by atoms with Gasteiger partial charge in [-0.1, -0.05) is 28.1 Å². The molecule has 2 aromatic rings. The fraction of sp³-hybridized carbons (Fsp3) is 0.353. The number of halogens is 3. The largest absolute Gasteiger partial charge is 0.459 e. The summed E-state index contributed by atoms with van der Waals surface area (Å²) in [6, 6.07) is 11.7. The average molecular weight is 417 g/mol. The molecule has 1 fully saturated rings. The summed E-state index contributed by atoms with van der Waals surface area (Å²) in [6.45, 7) is 2.18. The first-order valence-corrected chi connectivity index (χ1v) is 8.76. The van der Waals surface area contributed by atoms with Gasteiger partial charge in [0, 0.05) is 17.1 Å². The molecule has 23 heavy (non-hydrogen) atoms. The van der Waals surface area contributed by atoms with Crippen LogP contribution in [0.2, 0.25) is 0 Å². The van der Waals surface area contributed by atoms with Gasteiger partial charge in [0.1, 0.15) is 15.9 Å². The van der Waals surface area contributed by atoms with Crippen LogP contribution in [0.25, 0.3) is 11.3 Å². The Morgan fingerprint density at radius 2 is 1.87 bits per heavy atom. The highest BCUT2D eigenvalue weighted by atomic mass is 79.9. The van der Waals surface area contributed by atoms with Crippen molar-refractivity contribution in [1.82, 2.24) is 4.90 Å². The third kappa shape index (κ3) is 3.17.